The van der Waals surface area contributed by atoms with E-state index in [-0.39, 0.29) is 17.8 Å². The van der Waals surface area contributed by atoms with Crippen molar-refractivity contribution in [2.45, 2.75) is 19.4 Å². The highest BCUT2D eigenvalue weighted by atomic mass is 16.5. The van der Waals surface area contributed by atoms with Gasteiger partial charge in [-0.25, -0.2) is 0 Å². The second-order valence-corrected chi connectivity index (χ2v) is 5.25. The average molecular weight is 291 g/mol. The molecule has 0 aromatic heterocycles. The first-order chi connectivity index (χ1) is 10.2. The molecule has 1 heterocycles. The second kappa shape index (κ2) is 7.22. The number of carbonyl (C=O) groups is 2. The second-order valence-electron chi connectivity index (χ2n) is 5.25. The third kappa shape index (κ3) is 3.82. The van der Waals surface area contributed by atoms with Gasteiger partial charge in [0.1, 0.15) is 0 Å². The van der Waals surface area contributed by atoms with Crippen molar-refractivity contribution < 1.29 is 19.1 Å². The summed E-state index contributed by atoms with van der Waals surface area (Å²) in [7, 11) is 3.01. The summed E-state index contributed by atoms with van der Waals surface area (Å²) in [5, 5.41) is 0. The number of nitrogens with zero attached hydrogens (tertiary/aromatic N) is 1. The fourth-order valence-corrected chi connectivity index (χ4v) is 2.66. The zero-order valence-electron chi connectivity index (χ0n) is 12.5. The minimum atomic E-state index is -0.236. The van der Waals surface area contributed by atoms with E-state index >= 15 is 0 Å². The number of hydrogen-bond acceptors (Lipinski definition) is 4. The zero-order chi connectivity index (χ0) is 15.2. The maximum Gasteiger partial charge on any atom is 0.310 e. The third-order valence-electron chi connectivity index (χ3n) is 3.73. The van der Waals surface area contributed by atoms with Crippen LogP contribution in [-0.4, -0.2) is 44.1 Å². The molecule has 0 aliphatic carbocycles. The van der Waals surface area contributed by atoms with E-state index in [2.05, 4.69) is 0 Å². The van der Waals surface area contributed by atoms with Gasteiger partial charge in [0.15, 0.2) is 0 Å². The summed E-state index contributed by atoms with van der Waals surface area (Å²) in [4.78, 5) is 25.9. The summed E-state index contributed by atoms with van der Waals surface area (Å²) in [5.74, 6) is -0.489. The molecule has 1 saturated heterocycles. The van der Waals surface area contributed by atoms with Gasteiger partial charge in [0, 0.05) is 25.8 Å². The highest BCUT2D eigenvalue weighted by molar-refractivity contribution is 5.94. The first-order valence-corrected chi connectivity index (χ1v) is 7.10. The molecular weight excluding hydrogens is 270 g/mol. The summed E-state index contributed by atoms with van der Waals surface area (Å²) in [6.45, 7) is 1.59. The van der Waals surface area contributed by atoms with Gasteiger partial charge in [-0.1, -0.05) is 12.1 Å². The first kappa shape index (κ1) is 15.5. The minimum absolute atomic E-state index is 0.0402. The van der Waals surface area contributed by atoms with Crippen LogP contribution in [0, 0.1) is 5.92 Å². The molecular formula is C16H21NO4. The van der Waals surface area contributed by atoms with Gasteiger partial charge >= 0.3 is 5.97 Å². The van der Waals surface area contributed by atoms with Crippen LogP contribution >= 0.6 is 0 Å². The van der Waals surface area contributed by atoms with Crippen molar-refractivity contribution >= 4 is 11.9 Å². The van der Waals surface area contributed by atoms with E-state index in [0.717, 1.165) is 18.4 Å². The molecule has 0 saturated carbocycles. The molecule has 1 aromatic carbocycles. The lowest BCUT2D eigenvalue weighted by atomic mass is 9.97. The van der Waals surface area contributed by atoms with E-state index in [4.69, 9.17) is 9.47 Å². The lowest BCUT2D eigenvalue weighted by Crippen LogP contribution is -2.42. The molecule has 2 rings (SSSR count). The molecule has 0 bridgehead atoms. The van der Waals surface area contributed by atoms with Gasteiger partial charge in [-0.05, 0) is 30.5 Å². The summed E-state index contributed by atoms with van der Waals surface area (Å²) in [5.41, 5.74) is 1.60. The minimum Gasteiger partial charge on any atom is -0.469 e. The predicted octanol–water partition coefficient (Wildman–Crippen LogP) is 1.86. The molecule has 1 aliphatic rings. The lowest BCUT2D eigenvalue weighted by Gasteiger charge is -2.31. The lowest BCUT2D eigenvalue weighted by molar-refractivity contribution is -0.146. The van der Waals surface area contributed by atoms with E-state index in [1.54, 1.807) is 18.1 Å². The SMILES string of the molecule is COCc1cccc(C(=O)N2CCCC(C(=O)OC)C2)c1. The van der Waals surface area contributed by atoms with E-state index < -0.39 is 0 Å². The van der Waals surface area contributed by atoms with Gasteiger partial charge < -0.3 is 14.4 Å². The van der Waals surface area contributed by atoms with Crippen LogP contribution < -0.4 is 0 Å². The number of amides is 1. The maximum atomic E-state index is 12.5. The Bertz CT molecular complexity index is 515. The van der Waals surface area contributed by atoms with Crippen molar-refractivity contribution in [2.75, 3.05) is 27.3 Å². The van der Waals surface area contributed by atoms with Crippen LogP contribution in [0.5, 0.6) is 0 Å². The number of methoxy groups -OCH3 is 2. The number of ether oxygens (including phenoxy) is 2. The van der Waals surface area contributed by atoms with Crippen molar-refractivity contribution in [3.05, 3.63) is 35.4 Å². The molecule has 1 unspecified atom stereocenters. The number of rotatable bonds is 4. The molecule has 5 nitrogen and oxygen atoms in total. The van der Waals surface area contributed by atoms with Gasteiger partial charge in [-0.2, -0.15) is 0 Å². The Morgan fingerprint density at radius 1 is 1.33 bits per heavy atom. The van der Waals surface area contributed by atoms with Crippen LogP contribution in [-0.2, 0) is 20.9 Å². The normalized spacial score (nSPS) is 18.4. The van der Waals surface area contributed by atoms with Gasteiger partial charge in [-0.3, -0.25) is 9.59 Å². The molecule has 1 aliphatic heterocycles. The molecule has 1 fully saturated rings. The van der Waals surface area contributed by atoms with Crippen molar-refractivity contribution in [1.82, 2.24) is 4.90 Å². The van der Waals surface area contributed by atoms with Crippen LogP contribution in [0.3, 0.4) is 0 Å². The number of benzene rings is 1. The highest BCUT2D eigenvalue weighted by Crippen LogP contribution is 2.20. The summed E-state index contributed by atoms with van der Waals surface area (Å²) < 4.78 is 9.87. The Morgan fingerprint density at radius 2 is 2.14 bits per heavy atom. The predicted molar refractivity (Wildman–Crippen MR) is 77.8 cm³/mol. The Labute approximate surface area is 124 Å². The maximum absolute atomic E-state index is 12.5. The summed E-state index contributed by atoms with van der Waals surface area (Å²) >= 11 is 0. The quantitative estimate of drug-likeness (QED) is 0.795. The molecule has 5 heteroatoms. The van der Waals surface area contributed by atoms with E-state index in [1.807, 2.05) is 18.2 Å². The van der Waals surface area contributed by atoms with Crippen LogP contribution in [0.4, 0.5) is 0 Å². The zero-order valence-corrected chi connectivity index (χ0v) is 12.5. The van der Waals surface area contributed by atoms with E-state index in [9.17, 15) is 9.59 Å². The molecule has 114 valence electrons. The highest BCUT2D eigenvalue weighted by Gasteiger charge is 2.29. The molecule has 0 radical (unpaired) electrons. The standard InChI is InChI=1S/C16H21NO4/c1-20-11-12-5-3-6-13(9-12)15(18)17-8-4-7-14(10-17)16(19)21-2/h3,5-6,9,14H,4,7-8,10-11H2,1-2H3. The van der Waals surface area contributed by atoms with Gasteiger partial charge in [-0.15, -0.1) is 0 Å². The smallest absolute Gasteiger partial charge is 0.310 e. The Balaban J connectivity index is 2.08. The Morgan fingerprint density at radius 3 is 2.86 bits per heavy atom. The Kier molecular flexibility index (Phi) is 5.33. The van der Waals surface area contributed by atoms with Gasteiger partial charge in [0.2, 0.25) is 0 Å². The molecule has 1 amide bonds. The van der Waals surface area contributed by atoms with E-state index in [1.165, 1.54) is 7.11 Å². The average Bonchev–Trinajstić information content (AvgIpc) is 2.54. The largest absolute Gasteiger partial charge is 0.469 e. The number of esters is 1. The van der Waals surface area contributed by atoms with Gasteiger partial charge in [0.05, 0.1) is 19.6 Å². The Hall–Kier alpha value is -1.88. The van der Waals surface area contributed by atoms with Crippen molar-refractivity contribution in [2.24, 2.45) is 5.92 Å². The fourth-order valence-electron chi connectivity index (χ4n) is 2.66. The number of carbonyl (C=O) groups excluding carboxylic acids is 2. The molecule has 0 N–H and O–H groups in total. The van der Waals surface area contributed by atoms with E-state index in [0.29, 0.717) is 25.3 Å². The van der Waals surface area contributed by atoms with Crippen LogP contribution in [0.25, 0.3) is 0 Å². The third-order valence-corrected chi connectivity index (χ3v) is 3.73. The molecule has 21 heavy (non-hydrogen) atoms. The molecule has 1 atom stereocenters. The monoisotopic (exact) mass is 291 g/mol. The number of likely N-dealkylation sites (tertiary alicyclic amines) is 1. The van der Waals surface area contributed by atoms with Crippen molar-refractivity contribution in [3.8, 4) is 0 Å². The van der Waals surface area contributed by atoms with Crippen LogP contribution in [0.15, 0.2) is 24.3 Å². The molecule has 0 spiro atoms. The summed E-state index contributed by atoms with van der Waals surface area (Å²) in [6, 6.07) is 7.41. The fraction of sp³-hybridized carbons (Fsp3) is 0.500. The topological polar surface area (TPSA) is 55.8 Å². The van der Waals surface area contributed by atoms with Crippen LogP contribution in [0.2, 0.25) is 0 Å². The van der Waals surface area contributed by atoms with Crippen molar-refractivity contribution in [3.63, 3.8) is 0 Å². The number of piperidine rings is 1. The van der Waals surface area contributed by atoms with Crippen LogP contribution in [0.1, 0.15) is 28.8 Å². The van der Waals surface area contributed by atoms with Gasteiger partial charge in [0.25, 0.3) is 5.91 Å². The van der Waals surface area contributed by atoms with Crippen molar-refractivity contribution in [1.29, 1.82) is 0 Å². The summed E-state index contributed by atoms with van der Waals surface area (Å²) in [6.07, 6.45) is 1.60. The number of hydrogen-bond donors (Lipinski definition) is 0. The first-order valence-electron chi connectivity index (χ1n) is 7.10. The molecule has 1 aromatic rings.